The number of nitrogens with one attached hydrogen (secondary N) is 1. The Balaban J connectivity index is 1.90. The minimum absolute atomic E-state index is 0.477. The number of nitrogen functional groups attached to an aromatic ring is 1. The highest BCUT2D eigenvalue weighted by molar-refractivity contribution is 5.66. The molecule has 0 saturated heterocycles. The third-order valence-electron chi connectivity index (χ3n) is 3.45. The van der Waals surface area contributed by atoms with Crippen LogP contribution < -0.4 is 20.5 Å². The molecule has 0 spiro atoms. The minimum atomic E-state index is 0.477. The number of rotatable bonds is 5. The SMILES string of the molecule is COc1cc(Nc2nccc(-c3cccc(N)c3)n2)cc(OC)c1. The zero-order valence-electron chi connectivity index (χ0n) is 13.5. The summed E-state index contributed by atoms with van der Waals surface area (Å²) < 4.78 is 10.5. The van der Waals surface area contributed by atoms with Gasteiger partial charge in [0.2, 0.25) is 5.95 Å². The third-order valence-corrected chi connectivity index (χ3v) is 3.45. The van der Waals surface area contributed by atoms with Crippen LogP contribution in [0.5, 0.6) is 11.5 Å². The smallest absolute Gasteiger partial charge is 0.227 e. The molecule has 1 aromatic heterocycles. The number of aromatic nitrogens is 2. The van der Waals surface area contributed by atoms with Crippen molar-refractivity contribution in [3.05, 3.63) is 54.7 Å². The molecule has 24 heavy (non-hydrogen) atoms. The monoisotopic (exact) mass is 322 g/mol. The van der Waals surface area contributed by atoms with Gasteiger partial charge in [-0.25, -0.2) is 9.97 Å². The molecule has 0 radical (unpaired) electrons. The van der Waals surface area contributed by atoms with Crippen molar-refractivity contribution < 1.29 is 9.47 Å². The second kappa shape index (κ2) is 6.87. The van der Waals surface area contributed by atoms with Crippen LogP contribution in [0, 0.1) is 0 Å². The van der Waals surface area contributed by atoms with Crippen LogP contribution >= 0.6 is 0 Å². The highest BCUT2D eigenvalue weighted by Gasteiger charge is 2.06. The lowest BCUT2D eigenvalue weighted by molar-refractivity contribution is 0.395. The van der Waals surface area contributed by atoms with E-state index in [2.05, 4.69) is 15.3 Å². The molecule has 3 rings (SSSR count). The molecule has 3 N–H and O–H groups in total. The number of methoxy groups -OCH3 is 2. The van der Waals surface area contributed by atoms with Crippen molar-refractivity contribution in [1.82, 2.24) is 9.97 Å². The van der Waals surface area contributed by atoms with Gasteiger partial charge in [-0.1, -0.05) is 12.1 Å². The van der Waals surface area contributed by atoms with Crippen molar-refractivity contribution in [3.63, 3.8) is 0 Å². The Hall–Kier alpha value is -3.28. The van der Waals surface area contributed by atoms with Gasteiger partial charge in [0.05, 0.1) is 19.9 Å². The standard InChI is InChI=1S/C18H18N4O2/c1-23-15-9-14(10-16(11-15)24-2)21-18-20-7-6-17(22-18)12-4-3-5-13(19)8-12/h3-11H,19H2,1-2H3,(H,20,21,22). The van der Waals surface area contributed by atoms with E-state index in [1.165, 1.54) is 0 Å². The first-order valence-electron chi connectivity index (χ1n) is 7.37. The average molecular weight is 322 g/mol. The van der Waals surface area contributed by atoms with E-state index < -0.39 is 0 Å². The topological polar surface area (TPSA) is 82.3 Å². The predicted molar refractivity (Wildman–Crippen MR) is 94.7 cm³/mol. The number of hydrogen-bond acceptors (Lipinski definition) is 6. The van der Waals surface area contributed by atoms with Gasteiger partial charge in [-0.2, -0.15) is 0 Å². The van der Waals surface area contributed by atoms with Crippen LogP contribution in [0.25, 0.3) is 11.3 Å². The van der Waals surface area contributed by atoms with Crippen LogP contribution in [0.3, 0.4) is 0 Å². The summed E-state index contributed by atoms with van der Waals surface area (Å²) in [6.45, 7) is 0. The molecule has 0 fully saturated rings. The Morgan fingerprint density at radius 3 is 2.38 bits per heavy atom. The fourth-order valence-corrected chi connectivity index (χ4v) is 2.29. The van der Waals surface area contributed by atoms with Gasteiger partial charge in [0, 0.05) is 41.3 Å². The third kappa shape index (κ3) is 3.55. The number of ether oxygens (including phenoxy) is 2. The van der Waals surface area contributed by atoms with Gasteiger partial charge in [0.15, 0.2) is 0 Å². The molecule has 0 bridgehead atoms. The van der Waals surface area contributed by atoms with Gasteiger partial charge in [-0.3, -0.25) is 0 Å². The van der Waals surface area contributed by atoms with E-state index in [1.807, 2.05) is 42.5 Å². The van der Waals surface area contributed by atoms with Crippen LogP contribution in [-0.4, -0.2) is 24.2 Å². The van der Waals surface area contributed by atoms with Gasteiger partial charge in [-0.05, 0) is 18.2 Å². The number of hydrogen-bond donors (Lipinski definition) is 2. The number of anilines is 3. The lowest BCUT2D eigenvalue weighted by Crippen LogP contribution is -1.99. The average Bonchev–Trinajstić information content (AvgIpc) is 2.61. The second-order valence-electron chi connectivity index (χ2n) is 5.12. The molecule has 0 unspecified atom stereocenters. The lowest BCUT2D eigenvalue weighted by Gasteiger charge is -2.10. The van der Waals surface area contributed by atoms with Crippen LogP contribution in [0.15, 0.2) is 54.7 Å². The molecule has 2 aromatic carbocycles. The Kier molecular flexibility index (Phi) is 4.47. The van der Waals surface area contributed by atoms with Crippen molar-refractivity contribution in [2.45, 2.75) is 0 Å². The normalized spacial score (nSPS) is 10.2. The van der Waals surface area contributed by atoms with Gasteiger partial charge in [-0.15, -0.1) is 0 Å². The first-order valence-corrected chi connectivity index (χ1v) is 7.37. The highest BCUT2D eigenvalue weighted by atomic mass is 16.5. The van der Waals surface area contributed by atoms with Crippen molar-refractivity contribution in [2.75, 3.05) is 25.3 Å². The van der Waals surface area contributed by atoms with E-state index in [4.69, 9.17) is 15.2 Å². The molecule has 0 amide bonds. The number of nitrogens with two attached hydrogens (primary N) is 1. The predicted octanol–water partition coefficient (Wildman–Crippen LogP) is 3.49. The van der Waals surface area contributed by atoms with Gasteiger partial charge >= 0.3 is 0 Å². The fraction of sp³-hybridized carbons (Fsp3) is 0.111. The molecule has 0 saturated carbocycles. The summed E-state index contributed by atoms with van der Waals surface area (Å²) in [4.78, 5) is 8.79. The van der Waals surface area contributed by atoms with E-state index in [0.717, 1.165) is 16.9 Å². The molecule has 0 aliphatic carbocycles. The molecule has 0 atom stereocenters. The molecule has 6 nitrogen and oxygen atoms in total. The molecular formula is C18H18N4O2. The first-order chi connectivity index (χ1) is 11.7. The summed E-state index contributed by atoms with van der Waals surface area (Å²) in [6, 6.07) is 14.9. The minimum Gasteiger partial charge on any atom is -0.497 e. The maximum absolute atomic E-state index is 5.83. The maximum Gasteiger partial charge on any atom is 0.227 e. The second-order valence-corrected chi connectivity index (χ2v) is 5.12. The summed E-state index contributed by atoms with van der Waals surface area (Å²) in [5, 5.41) is 3.16. The molecule has 3 aromatic rings. The van der Waals surface area contributed by atoms with Crippen LogP contribution in [0.4, 0.5) is 17.3 Å². The zero-order chi connectivity index (χ0) is 16.9. The first kappa shape index (κ1) is 15.6. The van der Waals surface area contributed by atoms with E-state index in [-0.39, 0.29) is 0 Å². The zero-order valence-corrected chi connectivity index (χ0v) is 13.5. The summed E-state index contributed by atoms with van der Waals surface area (Å²) in [5.41, 5.74) is 9.02. The molecule has 122 valence electrons. The van der Waals surface area contributed by atoms with E-state index in [0.29, 0.717) is 23.1 Å². The van der Waals surface area contributed by atoms with Crippen LogP contribution in [0.1, 0.15) is 0 Å². The van der Waals surface area contributed by atoms with Gasteiger partial charge in [0.25, 0.3) is 0 Å². The Morgan fingerprint density at radius 2 is 1.71 bits per heavy atom. The summed E-state index contributed by atoms with van der Waals surface area (Å²) in [7, 11) is 3.21. The van der Waals surface area contributed by atoms with Crippen LogP contribution in [-0.2, 0) is 0 Å². The molecule has 0 aliphatic heterocycles. The van der Waals surface area contributed by atoms with E-state index >= 15 is 0 Å². The number of benzene rings is 2. The lowest BCUT2D eigenvalue weighted by atomic mass is 10.1. The van der Waals surface area contributed by atoms with Gasteiger partial charge in [0.1, 0.15) is 11.5 Å². The summed E-state index contributed by atoms with van der Waals surface area (Å²) in [5.74, 6) is 1.85. The van der Waals surface area contributed by atoms with Crippen molar-refractivity contribution in [2.24, 2.45) is 0 Å². The Labute approximate surface area is 140 Å². The summed E-state index contributed by atoms with van der Waals surface area (Å²) in [6.07, 6.45) is 1.70. The van der Waals surface area contributed by atoms with Crippen molar-refractivity contribution >= 4 is 17.3 Å². The van der Waals surface area contributed by atoms with E-state index in [1.54, 1.807) is 26.5 Å². The van der Waals surface area contributed by atoms with Gasteiger partial charge < -0.3 is 20.5 Å². The largest absolute Gasteiger partial charge is 0.497 e. The highest BCUT2D eigenvalue weighted by Crippen LogP contribution is 2.28. The molecular weight excluding hydrogens is 304 g/mol. The maximum atomic E-state index is 5.83. The van der Waals surface area contributed by atoms with Crippen molar-refractivity contribution in [3.8, 4) is 22.8 Å². The van der Waals surface area contributed by atoms with E-state index in [9.17, 15) is 0 Å². The Morgan fingerprint density at radius 1 is 0.958 bits per heavy atom. The number of nitrogens with zero attached hydrogens (tertiary/aromatic N) is 2. The quantitative estimate of drug-likeness (QED) is 0.700. The summed E-state index contributed by atoms with van der Waals surface area (Å²) >= 11 is 0. The Bertz CT molecular complexity index is 830. The van der Waals surface area contributed by atoms with Crippen LogP contribution in [0.2, 0.25) is 0 Å². The molecule has 0 aliphatic rings. The fourth-order valence-electron chi connectivity index (χ4n) is 2.29. The molecule has 1 heterocycles. The molecule has 6 heteroatoms. The van der Waals surface area contributed by atoms with Crippen molar-refractivity contribution in [1.29, 1.82) is 0 Å².